The highest BCUT2D eigenvalue weighted by atomic mass is 16.2. The van der Waals surface area contributed by atoms with Crippen molar-refractivity contribution in [2.45, 2.75) is 52.5 Å². The van der Waals surface area contributed by atoms with E-state index in [4.69, 9.17) is 5.73 Å². The molecule has 1 aliphatic rings. The summed E-state index contributed by atoms with van der Waals surface area (Å²) in [5.41, 5.74) is 6.49. The standard InChI is InChI=1S/C15H26N4O/c1-12(2)7-15(5-3-4-6-15)11-17-14(20)10-19-9-13(16)8-18-19/h8-9,12H,3-7,10-11,16H2,1-2H3,(H,17,20). The minimum atomic E-state index is 0.0168. The molecule has 1 fully saturated rings. The highest BCUT2D eigenvalue weighted by molar-refractivity contribution is 5.75. The summed E-state index contributed by atoms with van der Waals surface area (Å²) >= 11 is 0. The van der Waals surface area contributed by atoms with Crippen molar-refractivity contribution in [3.05, 3.63) is 12.4 Å². The molecule has 0 bridgehead atoms. The van der Waals surface area contributed by atoms with Gasteiger partial charge in [-0.1, -0.05) is 26.7 Å². The van der Waals surface area contributed by atoms with Gasteiger partial charge >= 0.3 is 0 Å². The van der Waals surface area contributed by atoms with Crippen molar-refractivity contribution in [3.8, 4) is 0 Å². The first-order valence-corrected chi connectivity index (χ1v) is 7.54. The Hall–Kier alpha value is -1.52. The Kier molecular flexibility index (Phi) is 4.68. The Morgan fingerprint density at radius 2 is 2.20 bits per heavy atom. The number of nitrogens with zero attached hydrogens (tertiary/aromatic N) is 2. The van der Waals surface area contributed by atoms with E-state index in [1.54, 1.807) is 17.1 Å². The van der Waals surface area contributed by atoms with Crippen molar-refractivity contribution in [2.75, 3.05) is 12.3 Å². The molecule has 2 rings (SSSR count). The van der Waals surface area contributed by atoms with Crippen LogP contribution in [0, 0.1) is 11.3 Å². The van der Waals surface area contributed by atoms with E-state index in [9.17, 15) is 4.79 Å². The number of nitrogen functional groups attached to an aromatic ring is 1. The lowest BCUT2D eigenvalue weighted by molar-refractivity contribution is -0.122. The van der Waals surface area contributed by atoms with E-state index in [1.807, 2.05) is 0 Å². The molecular formula is C15H26N4O. The maximum atomic E-state index is 12.0. The van der Waals surface area contributed by atoms with Crippen LogP contribution in [0.4, 0.5) is 5.69 Å². The normalized spacial score (nSPS) is 17.6. The first-order chi connectivity index (χ1) is 9.49. The van der Waals surface area contributed by atoms with Crippen LogP contribution >= 0.6 is 0 Å². The average molecular weight is 278 g/mol. The van der Waals surface area contributed by atoms with Crippen LogP contribution in [0.15, 0.2) is 12.4 Å². The Labute approximate surface area is 120 Å². The number of hydrogen-bond acceptors (Lipinski definition) is 3. The van der Waals surface area contributed by atoms with Gasteiger partial charge in [0, 0.05) is 12.7 Å². The zero-order chi connectivity index (χ0) is 14.6. The van der Waals surface area contributed by atoms with Gasteiger partial charge in [-0.25, -0.2) is 0 Å². The highest BCUT2D eigenvalue weighted by Crippen LogP contribution is 2.42. The Bertz CT molecular complexity index is 446. The van der Waals surface area contributed by atoms with E-state index < -0.39 is 0 Å². The third kappa shape index (κ3) is 3.99. The van der Waals surface area contributed by atoms with E-state index in [1.165, 1.54) is 32.1 Å². The van der Waals surface area contributed by atoms with E-state index in [0.717, 1.165) is 6.54 Å². The lowest BCUT2D eigenvalue weighted by Crippen LogP contribution is -2.38. The van der Waals surface area contributed by atoms with Crippen LogP contribution in [0.25, 0.3) is 0 Å². The summed E-state index contributed by atoms with van der Waals surface area (Å²) in [6.07, 6.45) is 9.49. The predicted octanol–water partition coefficient (Wildman–Crippen LogP) is 2.19. The van der Waals surface area contributed by atoms with Crippen molar-refractivity contribution in [3.63, 3.8) is 0 Å². The van der Waals surface area contributed by atoms with Crippen molar-refractivity contribution in [1.82, 2.24) is 15.1 Å². The summed E-state index contributed by atoms with van der Waals surface area (Å²) in [5.74, 6) is 0.694. The fourth-order valence-corrected chi connectivity index (χ4v) is 3.40. The minimum absolute atomic E-state index is 0.0168. The Morgan fingerprint density at radius 1 is 1.50 bits per heavy atom. The highest BCUT2D eigenvalue weighted by Gasteiger charge is 2.34. The van der Waals surface area contributed by atoms with Crippen LogP contribution in [0.2, 0.25) is 0 Å². The van der Waals surface area contributed by atoms with Gasteiger partial charge in [0.05, 0.1) is 11.9 Å². The monoisotopic (exact) mass is 278 g/mol. The summed E-state index contributed by atoms with van der Waals surface area (Å²) in [5, 5.41) is 7.12. The number of carbonyl (C=O) groups is 1. The maximum absolute atomic E-state index is 12.0. The fraction of sp³-hybridized carbons (Fsp3) is 0.733. The molecule has 0 saturated heterocycles. The Morgan fingerprint density at radius 3 is 2.75 bits per heavy atom. The van der Waals surface area contributed by atoms with Crippen LogP contribution in [-0.4, -0.2) is 22.2 Å². The molecule has 0 aliphatic heterocycles. The molecule has 3 N–H and O–H groups in total. The Balaban J connectivity index is 1.84. The van der Waals surface area contributed by atoms with Gasteiger partial charge < -0.3 is 11.1 Å². The van der Waals surface area contributed by atoms with Crippen molar-refractivity contribution in [1.29, 1.82) is 0 Å². The molecule has 5 heteroatoms. The van der Waals surface area contributed by atoms with Gasteiger partial charge in [0.15, 0.2) is 0 Å². The zero-order valence-electron chi connectivity index (χ0n) is 12.6. The summed E-state index contributed by atoms with van der Waals surface area (Å²) < 4.78 is 1.58. The van der Waals surface area contributed by atoms with Gasteiger partial charge in [-0.05, 0) is 30.6 Å². The fourth-order valence-electron chi connectivity index (χ4n) is 3.40. The first-order valence-electron chi connectivity index (χ1n) is 7.54. The second kappa shape index (κ2) is 6.29. The summed E-state index contributed by atoms with van der Waals surface area (Å²) in [7, 11) is 0. The van der Waals surface area contributed by atoms with Gasteiger partial charge in [0.25, 0.3) is 0 Å². The largest absolute Gasteiger partial charge is 0.396 e. The third-order valence-electron chi connectivity index (χ3n) is 4.12. The predicted molar refractivity (Wildman–Crippen MR) is 80.0 cm³/mol. The van der Waals surface area contributed by atoms with Crippen LogP contribution in [0.1, 0.15) is 46.0 Å². The molecule has 0 aromatic carbocycles. The number of rotatable bonds is 6. The molecule has 1 heterocycles. The number of nitrogens with two attached hydrogens (primary N) is 1. The topological polar surface area (TPSA) is 72.9 Å². The van der Waals surface area contributed by atoms with Gasteiger partial charge in [-0.15, -0.1) is 0 Å². The van der Waals surface area contributed by atoms with Gasteiger partial charge in [0.1, 0.15) is 6.54 Å². The van der Waals surface area contributed by atoms with Gasteiger partial charge in [-0.3, -0.25) is 9.48 Å². The molecule has 1 aliphatic carbocycles. The van der Waals surface area contributed by atoms with Crippen LogP contribution < -0.4 is 11.1 Å². The maximum Gasteiger partial charge on any atom is 0.241 e. The smallest absolute Gasteiger partial charge is 0.241 e. The number of anilines is 1. The molecular weight excluding hydrogens is 252 g/mol. The number of aromatic nitrogens is 2. The number of amides is 1. The van der Waals surface area contributed by atoms with Crippen LogP contribution in [0.5, 0.6) is 0 Å². The van der Waals surface area contributed by atoms with Crippen molar-refractivity contribution in [2.24, 2.45) is 11.3 Å². The minimum Gasteiger partial charge on any atom is -0.396 e. The molecule has 1 aromatic heterocycles. The van der Waals surface area contributed by atoms with E-state index in [0.29, 0.717) is 17.0 Å². The zero-order valence-corrected chi connectivity index (χ0v) is 12.6. The molecule has 112 valence electrons. The quantitative estimate of drug-likeness (QED) is 0.837. The molecule has 1 aromatic rings. The number of hydrogen-bond donors (Lipinski definition) is 2. The second-order valence-corrected chi connectivity index (χ2v) is 6.55. The van der Waals surface area contributed by atoms with Crippen molar-refractivity contribution >= 4 is 11.6 Å². The van der Waals surface area contributed by atoms with E-state index in [2.05, 4.69) is 24.3 Å². The first kappa shape index (κ1) is 14.9. The second-order valence-electron chi connectivity index (χ2n) is 6.55. The van der Waals surface area contributed by atoms with Gasteiger partial charge in [-0.2, -0.15) is 5.10 Å². The summed E-state index contributed by atoms with van der Waals surface area (Å²) in [4.78, 5) is 12.0. The number of nitrogens with one attached hydrogen (secondary N) is 1. The molecule has 5 nitrogen and oxygen atoms in total. The van der Waals surface area contributed by atoms with E-state index in [-0.39, 0.29) is 12.5 Å². The molecule has 0 atom stereocenters. The van der Waals surface area contributed by atoms with Crippen molar-refractivity contribution < 1.29 is 4.79 Å². The van der Waals surface area contributed by atoms with E-state index >= 15 is 0 Å². The van der Waals surface area contributed by atoms with Crippen LogP contribution in [-0.2, 0) is 11.3 Å². The molecule has 0 spiro atoms. The molecule has 0 radical (unpaired) electrons. The molecule has 20 heavy (non-hydrogen) atoms. The molecule has 1 saturated carbocycles. The number of carbonyl (C=O) groups excluding carboxylic acids is 1. The molecule has 1 amide bonds. The SMILES string of the molecule is CC(C)CC1(CNC(=O)Cn2cc(N)cn2)CCCC1. The average Bonchev–Trinajstić information content (AvgIpc) is 2.96. The lowest BCUT2D eigenvalue weighted by atomic mass is 9.78. The summed E-state index contributed by atoms with van der Waals surface area (Å²) in [6, 6.07) is 0. The summed E-state index contributed by atoms with van der Waals surface area (Å²) in [6.45, 7) is 5.55. The van der Waals surface area contributed by atoms with Crippen LogP contribution in [0.3, 0.4) is 0 Å². The third-order valence-corrected chi connectivity index (χ3v) is 4.12. The molecule has 0 unspecified atom stereocenters. The lowest BCUT2D eigenvalue weighted by Gasteiger charge is -2.31. The van der Waals surface area contributed by atoms with Gasteiger partial charge in [0.2, 0.25) is 5.91 Å².